The van der Waals surface area contributed by atoms with Crippen molar-refractivity contribution in [2.75, 3.05) is 46.2 Å². The molecule has 0 bridgehead atoms. The molecule has 0 radical (unpaired) electrons. The molecule has 5 aliphatic heterocycles. The molecule has 5 fully saturated rings. The fraction of sp³-hybridized carbons (Fsp3) is 0.837. The van der Waals surface area contributed by atoms with Gasteiger partial charge in [0.25, 0.3) is 5.69 Å². The van der Waals surface area contributed by atoms with Gasteiger partial charge in [0.15, 0.2) is 31.5 Å². The number of aliphatic hydroxyl groups is 14. The minimum absolute atomic E-state index is 0.0839. The fourth-order valence-corrected chi connectivity index (χ4v) is 9.00. The first-order valence-corrected chi connectivity index (χ1v) is 23.9. The summed E-state index contributed by atoms with van der Waals surface area (Å²) in [5.74, 6) is -0.695. The zero-order chi connectivity index (χ0) is 54.1. The van der Waals surface area contributed by atoms with Crippen LogP contribution in [0.2, 0.25) is 0 Å². The van der Waals surface area contributed by atoms with E-state index in [4.69, 9.17) is 57.8 Å². The molecule has 25 atom stereocenters. The van der Waals surface area contributed by atoms with Gasteiger partial charge in [-0.05, 0) is 37.9 Å². The first-order valence-electron chi connectivity index (χ1n) is 23.9. The van der Waals surface area contributed by atoms with E-state index in [1.807, 2.05) is 0 Å². The van der Waals surface area contributed by atoms with Gasteiger partial charge < -0.3 is 135 Å². The van der Waals surface area contributed by atoms with Crippen LogP contribution in [0.1, 0.15) is 26.2 Å². The predicted molar refractivity (Wildman–Crippen MR) is 236 cm³/mol. The zero-order valence-corrected chi connectivity index (χ0v) is 39.8. The Morgan fingerprint density at radius 1 is 0.554 bits per heavy atom. The molecule has 31 nitrogen and oxygen atoms in total. The summed E-state index contributed by atoms with van der Waals surface area (Å²) in [5.41, 5.74) is 5.33. The lowest BCUT2D eigenvalue weighted by Gasteiger charge is -2.50. The molecule has 0 aromatic heterocycles. The van der Waals surface area contributed by atoms with Crippen molar-refractivity contribution in [3.05, 3.63) is 34.4 Å². The van der Waals surface area contributed by atoms with Crippen molar-refractivity contribution < 1.29 is 133 Å². The van der Waals surface area contributed by atoms with Crippen molar-refractivity contribution in [2.24, 2.45) is 5.73 Å². The van der Waals surface area contributed by atoms with Crippen LogP contribution in [0.25, 0.3) is 0 Å². The molecule has 74 heavy (non-hydrogen) atoms. The molecule has 5 saturated heterocycles. The van der Waals surface area contributed by atoms with E-state index in [0.717, 1.165) is 6.92 Å². The van der Waals surface area contributed by atoms with Crippen molar-refractivity contribution in [1.82, 2.24) is 5.32 Å². The third kappa shape index (κ3) is 13.9. The second-order valence-electron chi connectivity index (χ2n) is 18.3. The monoisotopic (exact) mass is 1080 g/mol. The lowest BCUT2D eigenvalue weighted by Crippen LogP contribution is -2.70. The number of nitro benzene ring substituents is 1. The SMILES string of the molecule is CC(=O)NC1C(OC2C(O)C(CO)OC(OC3C(CO)OC(OC4C(COc5ccc([N+](=O)[O-])cc5)OC(OCCCCCN)C(O)C4O)C(O)C3O)C2O)OC(CO)C(O)C1OC1OC(CO)C(O)C(O)C1O. The Kier molecular flexibility index (Phi) is 22.3. The van der Waals surface area contributed by atoms with E-state index in [1.54, 1.807) is 0 Å². The minimum Gasteiger partial charge on any atom is -0.491 e. The number of ether oxygens (including phenoxy) is 11. The lowest BCUT2D eigenvalue weighted by molar-refractivity contribution is -0.388. The molecule has 5 heterocycles. The van der Waals surface area contributed by atoms with Gasteiger partial charge in [-0.15, -0.1) is 0 Å². The second kappa shape index (κ2) is 27.5. The number of carbonyl (C=O) groups excluding carboxylic acids is 1. The average Bonchev–Trinajstić information content (AvgIpc) is 3.38. The van der Waals surface area contributed by atoms with E-state index in [1.165, 1.54) is 24.3 Å². The van der Waals surface area contributed by atoms with Gasteiger partial charge in [-0.3, -0.25) is 14.9 Å². The van der Waals surface area contributed by atoms with Crippen LogP contribution in [-0.2, 0) is 52.2 Å². The van der Waals surface area contributed by atoms with E-state index < -0.39 is 197 Å². The fourth-order valence-electron chi connectivity index (χ4n) is 9.00. The Hall–Kier alpha value is -3.11. The molecule has 0 spiro atoms. The van der Waals surface area contributed by atoms with Crippen molar-refractivity contribution in [3.63, 3.8) is 0 Å². The topological polar surface area (TPSA) is 483 Å². The summed E-state index contributed by atoms with van der Waals surface area (Å²) in [5, 5.41) is 166. The van der Waals surface area contributed by atoms with Crippen LogP contribution in [0, 0.1) is 10.1 Å². The van der Waals surface area contributed by atoms with E-state index in [-0.39, 0.29) is 18.0 Å². The number of nitrogens with zero attached hydrogens (tertiary/aromatic N) is 1. The van der Waals surface area contributed by atoms with Crippen molar-refractivity contribution >= 4 is 11.6 Å². The number of nitrogens with one attached hydrogen (secondary N) is 1. The molecule has 25 unspecified atom stereocenters. The summed E-state index contributed by atoms with van der Waals surface area (Å²) < 4.78 is 63.8. The van der Waals surface area contributed by atoms with Gasteiger partial charge in [0.05, 0.1) is 31.4 Å². The maximum atomic E-state index is 12.6. The lowest BCUT2D eigenvalue weighted by atomic mass is 9.94. The normalized spacial score (nSPS) is 42.9. The average molecular weight is 1080 g/mol. The van der Waals surface area contributed by atoms with Gasteiger partial charge in [-0.25, -0.2) is 0 Å². The largest absolute Gasteiger partial charge is 0.491 e. The molecule has 1 amide bonds. The number of amides is 1. The van der Waals surface area contributed by atoms with Gasteiger partial charge in [-0.1, -0.05) is 0 Å². The highest BCUT2D eigenvalue weighted by atomic mass is 16.8. The van der Waals surface area contributed by atoms with Crippen molar-refractivity contribution in [1.29, 1.82) is 0 Å². The zero-order valence-electron chi connectivity index (χ0n) is 39.8. The van der Waals surface area contributed by atoms with Gasteiger partial charge in [0.2, 0.25) is 5.91 Å². The molecule has 1 aromatic carbocycles. The highest BCUT2D eigenvalue weighted by Gasteiger charge is 2.57. The minimum atomic E-state index is -2.18. The Morgan fingerprint density at radius 3 is 1.57 bits per heavy atom. The van der Waals surface area contributed by atoms with Crippen LogP contribution >= 0.6 is 0 Å². The Bertz CT molecular complexity index is 1880. The number of carbonyl (C=O) groups is 1. The first kappa shape index (κ1) is 60.1. The van der Waals surface area contributed by atoms with Gasteiger partial charge in [0.1, 0.15) is 134 Å². The summed E-state index contributed by atoms with van der Waals surface area (Å²) in [6.07, 6.45) is -42.2. The molecule has 17 N–H and O–H groups in total. The van der Waals surface area contributed by atoms with E-state index in [2.05, 4.69) is 5.32 Å². The van der Waals surface area contributed by atoms with Crippen LogP contribution in [0.5, 0.6) is 5.75 Å². The standard InChI is InChI=1S/C43H69N3O28/c1-16(51)45-24-37(73-41-31(58)28(55)25(52)19(11-47)67-41)26(53)20(12-48)66-39(24)74-38-27(54)21(13-49)68-43(34(38)61)71-35-22(14-50)69-42(33(60)30(35)57)72-36-23(15-65-18-7-5-17(6-8-18)46(62)63)70-40(32(59)29(36)56)64-10-4-2-3-9-44/h5-8,19-43,47-50,52-61H,2-4,9-15,44H2,1H3,(H,45,51). The maximum absolute atomic E-state index is 12.6. The van der Waals surface area contributed by atoms with Crippen molar-refractivity contribution in [2.45, 2.75) is 180 Å². The summed E-state index contributed by atoms with van der Waals surface area (Å²) in [4.78, 5) is 23.1. The number of benzene rings is 1. The molecule has 1 aromatic rings. The number of nitrogens with two attached hydrogens (primary N) is 1. The molecule has 31 heteroatoms. The highest BCUT2D eigenvalue weighted by Crippen LogP contribution is 2.36. The number of aliphatic hydroxyl groups excluding tert-OH is 14. The molecular weight excluding hydrogens is 1010 g/mol. The number of unbranched alkanes of at least 4 members (excludes halogenated alkanes) is 2. The number of nitro groups is 1. The summed E-state index contributed by atoms with van der Waals surface area (Å²) in [7, 11) is 0. The molecule has 424 valence electrons. The maximum Gasteiger partial charge on any atom is 0.269 e. The summed E-state index contributed by atoms with van der Waals surface area (Å²) in [6.45, 7) is -2.73. The number of hydrogen-bond acceptors (Lipinski definition) is 29. The second-order valence-corrected chi connectivity index (χ2v) is 18.3. The smallest absolute Gasteiger partial charge is 0.269 e. The third-order valence-corrected chi connectivity index (χ3v) is 13.1. The van der Waals surface area contributed by atoms with E-state index in [9.17, 15) is 86.4 Å². The highest BCUT2D eigenvalue weighted by molar-refractivity contribution is 5.73. The van der Waals surface area contributed by atoms with Gasteiger partial charge >= 0.3 is 0 Å². The summed E-state index contributed by atoms with van der Waals surface area (Å²) >= 11 is 0. The van der Waals surface area contributed by atoms with Gasteiger partial charge in [0, 0.05) is 25.7 Å². The summed E-state index contributed by atoms with van der Waals surface area (Å²) in [6, 6.07) is 3.23. The molecule has 6 rings (SSSR count). The van der Waals surface area contributed by atoms with Gasteiger partial charge in [-0.2, -0.15) is 0 Å². The van der Waals surface area contributed by atoms with E-state index >= 15 is 0 Å². The van der Waals surface area contributed by atoms with Crippen LogP contribution < -0.4 is 15.8 Å². The third-order valence-electron chi connectivity index (χ3n) is 13.1. The number of non-ortho nitro benzene ring substituents is 1. The van der Waals surface area contributed by atoms with Crippen molar-refractivity contribution in [3.8, 4) is 5.75 Å². The Morgan fingerprint density at radius 2 is 1.01 bits per heavy atom. The molecule has 0 saturated carbocycles. The van der Waals surface area contributed by atoms with Crippen LogP contribution in [0.3, 0.4) is 0 Å². The molecule has 0 aliphatic carbocycles. The number of rotatable bonds is 23. The Labute approximate surface area is 421 Å². The van der Waals surface area contributed by atoms with E-state index in [0.29, 0.717) is 25.8 Å². The number of hydrogen-bond donors (Lipinski definition) is 16. The first-order chi connectivity index (χ1) is 35.3. The predicted octanol–water partition coefficient (Wildman–Crippen LogP) is -8.63. The van der Waals surface area contributed by atoms with Crippen LogP contribution in [-0.4, -0.2) is 282 Å². The van der Waals surface area contributed by atoms with Crippen LogP contribution in [0.15, 0.2) is 24.3 Å². The molecule has 5 aliphatic rings. The van der Waals surface area contributed by atoms with Crippen LogP contribution in [0.4, 0.5) is 5.69 Å². The Balaban J connectivity index is 1.18. The molecular formula is C43H69N3O28. The quantitative estimate of drug-likeness (QED) is 0.0275.